The molecule has 1 aromatic rings. The van der Waals surface area contributed by atoms with Crippen molar-refractivity contribution < 1.29 is 14.7 Å². The topological polar surface area (TPSA) is 86.6 Å². The lowest BCUT2D eigenvalue weighted by molar-refractivity contribution is -0.149. The predicted molar refractivity (Wildman–Crippen MR) is 84.9 cm³/mol. The Morgan fingerprint density at radius 3 is 2.62 bits per heavy atom. The Hall–Kier alpha value is -2.02. The Balaban J connectivity index is 1.47. The van der Waals surface area contributed by atoms with Crippen molar-refractivity contribution in [3.05, 3.63) is 23.8 Å². The standard InChI is InChI=1S/C17H22N4O3/c1-11-4-19-14(5-18-11)8-20-6-13-7-21(15(22)12-2-3-12)10-17(13,9-20)16(23)24/h4-5,12-13H,2-3,6-10H2,1H3,(H,23,24)/t13-,17-/m0/s1. The van der Waals surface area contributed by atoms with Gasteiger partial charge in [-0.05, 0) is 19.8 Å². The fourth-order valence-electron chi connectivity index (χ4n) is 4.08. The van der Waals surface area contributed by atoms with Crippen LogP contribution in [-0.2, 0) is 16.1 Å². The Kier molecular flexibility index (Phi) is 3.56. The second kappa shape index (κ2) is 5.51. The molecule has 7 heteroatoms. The number of aliphatic carboxylic acids is 1. The van der Waals surface area contributed by atoms with Crippen LogP contribution in [0.25, 0.3) is 0 Å². The molecule has 2 aliphatic heterocycles. The van der Waals surface area contributed by atoms with Crippen molar-refractivity contribution >= 4 is 11.9 Å². The largest absolute Gasteiger partial charge is 0.481 e. The fraction of sp³-hybridized carbons (Fsp3) is 0.647. The van der Waals surface area contributed by atoms with Crippen LogP contribution in [0, 0.1) is 24.2 Å². The minimum absolute atomic E-state index is 0.00360. The van der Waals surface area contributed by atoms with Gasteiger partial charge >= 0.3 is 5.97 Å². The summed E-state index contributed by atoms with van der Waals surface area (Å²) < 4.78 is 0. The third-order valence-electron chi connectivity index (χ3n) is 5.56. The number of hydrogen-bond donors (Lipinski definition) is 1. The van der Waals surface area contributed by atoms with Gasteiger partial charge in [-0.1, -0.05) is 0 Å². The number of aromatic nitrogens is 2. The van der Waals surface area contributed by atoms with Crippen LogP contribution in [0.15, 0.2) is 12.4 Å². The number of carboxylic acid groups (broad SMARTS) is 1. The van der Waals surface area contributed by atoms with Gasteiger partial charge in [0, 0.05) is 57.0 Å². The maximum atomic E-state index is 12.3. The molecular formula is C17H22N4O3. The van der Waals surface area contributed by atoms with Gasteiger partial charge in [0.1, 0.15) is 5.41 Å². The molecule has 0 spiro atoms. The van der Waals surface area contributed by atoms with Crippen molar-refractivity contribution in [3.8, 4) is 0 Å². The number of aryl methyl sites for hydroxylation is 1. The van der Waals surface area contributed by atoms with Crippen LogP contribution in [-0.4, -0.2) is 62.9 Å². The molecule has 2 saturated heterocycles. The molecular weight excluding hydrogens is 308 g/mol. The molecule has 1 N–H and O–H groups in total. The quantitative estimate of drug-likeness (QED) is 0.867. The summed E-state index contributed by atoms with van der Waals surface area (Å²) in [5.74, 6) is -0.484. The molecule has 7 nitrogen and oxygen atoms in total. The highest BCUT2D eigenvalue weighted by molar-refractivity contribution is 5.84. The van der Waals surface area contributed by atoms with Gasteiger partial charge in [0.05, 0.1) is 11.4 Å². The van der Waals surface area contributed by atoms with Gasteiger partial charge in [-0.15, -0.1) is 0 Å². The van der Waals surface area contributed by atoms with E-state index < -0.39 is 11.4 Å². The molecule has 1 aromatic heterocycles. The second-order valence-corrected chi connectivity index (χ2v) is 7.47. The number of amides is 1. The Labute approximate surface area is 140 Å². The van der Waals surface area contributed by atoms with Gasteiger partial charge < -0.3 is 10.0 Å². The van der Waals surface area contributed by atoms with Crippen LogP contribution in [0.4, 0.5) is 0 Å². The van der Waals surface area contributed by atoms with E-state index in [-0.39, 0.29) is 17.7 Å². The molecule has 4 rings (SSSR count). The van der Waals surface area contributed by atoms with Crippen molar-refractivity contribution in [2.45, 2.75) is 26.3 Å². The van der Waals surface area contributed by atoms with E-state index in [1.165, 1.54) is 0 Å². The van der Waals surface area contributed by atoms with E-state index in [1.54, 1.807) is 17.3 Å². The molecule has 1 amide bonds. The maximum absolute atomic E-state index is 12.3. The van der Waals surface area contributed by atoms with Crippen LogP contribution in [0.1, 0.15) is 24.2 Å². The highest BCUT2D eigenvalue weighted by Gasteiger charge is 2.59. The molecule has 0 radical (unpaired) electrons. The van der Waals surface area contributed by atoms with Gasteiger partial charge in [-0.25, -0.2) is 0 Å². The molecule has 128 valence electrons. The summed E-state index contributed by atoms with van der Waals surface area (Å²) in [6.45, 7) is 4.57. The van der Waals surface area contributed by atoms with Crippen LogP contribution in [0.3, 0.4) is 0 Å². The lowest BCUT2D eigenvalue weighted by Gasteiger charge is -2.25. The second-order valence-electron chi connectivity index (χ2n) is 7.47. The lowest BCUT2D eigenvalue weighted by atomic mass is 9.81. The third-order valence-corrected chi connectivity index (χ3v) is 5.56. The third kappa shape index (κ3) is 2.56. The van der Waals surface area contributed by atoms with E-state index in [9.17, 15) is 14.7 Å². The number of fused-ring (bicyclic) bond motifs is 1. The maximum Gasteiger partial charge on any atom is 0.313 e. The molecule has 1 saturated carbocycles. The van der Waals surface area contributed by atoms with Gasteiger partial charge in [0.25, 0.3) is 0 Å². The summed E-state index contributed by atoms with van der Waals surface area (Å²) in [7, 11) is 0. The number of hydrogen-bond acceptors (Lipinski definition) is 5. The molecule has 24 heavy (non-hydrogen) atoms. The zero-order valence-electron chi connectivity index (χ0n) is 13.8. The number of likely N-dealkylation sites (tertiary alicyclic amines) is 2. The molecule has 1 aliphatic carbocycles. The molecule has 0 aromatic carbocycles. The SMILES string of the molecule is Cc1cnc(CN2C[C@H]3CN(C(=O)C4CC4)C[C@@]3(C(=O)O)C2)cn1. The first-order valence-corrected chi connectivity index (χ1v) is 8.50. The number of nitrogens with zero attached hydrogens (tertiary/aromatic N) is 4. The summed E-state index contributed by atoms with van der Waals surface area (Å²) in [5, 5.41) is 9.86. The summed E-state index contributed by atoms with van der Waals surface area (Å²) in [5.41, 5.74) is 0.892. The molecule has 2 atom stereocenters. The average molecular weight is 330 g/mol. The van der Waals surface area contributed by atoms with Gasteiger partial charge in [0.2, 0.25) is 5.91 Å². The van der Waals surface area contributed by atoms with Crippen molar-refractivity contribution in [1.29, 1.82) is 0 Å². The van der Waals surface area contributed by atoms with Crippen molar-refractivity contribution in [1.82, 2.24) is 19.8 Å². The first kappa shape index (κ1) is 15.5. The minimum atomic E-state index is -0.831. The number of carbonyl (C=O) groups excluding carboxylic acids is 1. The van der Waals surface area contributed by atoms with Crippen LogP contribution < -0.4 is 0 Å². The van der Waals surface area contributed by atoms with E-state index >= 15 is 0 Å². The molecule has 3 heterocycles. The van der Waals surface area contributed by atoms with Gasteiger partial charge in [-0.2, -0.15) is 0 Å². The summed E-state index contributed by atoms with van der Waals surface area (Å²) >= 11 is 0. The zero-order chi connectivity index (χ0) is 16.9. The summed E-state index contributed by atoms with van der Waals surface area (Å²) in [6, 6.07) is 0. The van der Waals surface area contributed by atoms with E-state index in [1.807, 2.05) is 6.92 Å². The van der Waals surface area contributed by atoms with Gasteiger partial charge in [0.15, 0.2) is 0 Å². The summed E-state index contributed by atoms with van der Waals surface area (Å²) in [4.78, 5) is 36.9. The van der Waals surface area contributed by atoms with Gasteiger partial charge in [-0.3, -0.25) is 24.5 Å². The Morgan fingerprint density at radius 1 is 1.25 bits per heavy atom. The smallest absolute Gasteiger partial charge is 0.313 e. The highest BCUT2D eigenvalue weighted by Crippen LogP contribution is 2.45. The van der Waals surface area contributed by atoms with Crippen LogP contribution in [0.5, 0.6) is 0 Å². The summed E-state index contributed by atoms with van der Waals surface area (Å²) in [6.07, 6.45) is 5.39. The minimum Gasteiger partial charge on any atom is -0.481 e. The number of rotatable bonds is 4. The highest BCUT2D eigenvalue weighted by atomic mass is 16.4. The van der Waals surface area contributed by atoms with E-state index in [4.69, 9.17) is 0 Å². The lowest BCUT2D eigenvalue weighted by Crippen LogP contribution is -2.42. The van der Waals surface area contributed by atoms with Crippen LogP contribution >= 0.6 is 0 Å². The first-order chi connectivity index (χ1) is 11.5. The van der Waals surface area contributed by atoms with Crippen molar-refractivity contribution in [2.75, 3.05) is 26.2 Å². The molecule has 0 unspecified atom stereocenters. The molecule has 3 fully saturated rings. The van der Waals surface area contributed by atoms with E-state index in [0.29, 0.717) is 32.7 Å². The van der Waals surface area contributed by atoms with Crippen LogP contribution in [0.2, 0.25) is 0 Å². The fourth-order valence-corrected chi connectivity index (χ4v) is 4.08. The Morgan fingerprint density at radius 2 is 2.04 bits per heavy atom. The number of carbonyl (C=O) groups is 2. The van der Waals surface area contributed by atoms with E-state index in [2.05, 4.69) is 14.9 Å². The first-order valence-electron chi connectivity index (χ1n) is 8.50. The monoisotopic (exact) mass is 330 g/mol. The zero-order valence-corrected chi connectivity index (χ0v) is 13.8. The Bertz CT molecular complexity index is 673. The average Bonchev–Trinajstić information content (AvgIpc) is 3.24. The molecule has 0 bridgehead atoms. The van der Waals surface area contributed by atoms with Crippen molar-refractivity contribution in [3.63, 3.8) is 0 Å². The van der Waals surface area contributed by atoms with Crippen molar-refractivity contribution in [2.24, 2.45) is 17.3 Å². The predicted octanol–water partition coefficient (Wildman–Crippen LogP) is 0.540. The normalized spacial score (nSPS) is 29.7. The number of carboxylic acids is 1. The molecule has 3 aliphatic rings. The van der Waals surface area contributed by atoms with E-state index in [0.717, 1.165) is 24.2 Å².